The number of aliphatic imine (C=N–C) groups is 1. The minimum atomic E-state index is -0.388. The first kappa shape index (κ1) is 22.7. The third-order valence-corrected chi connectivity index (χ3v) is 5.52. The number of halogens is 3. The fourth-order valence-electron chi connectivity index (χ4n) is 3.47. The van der Waals surface area contributed by atoms with Crippen LogP contribution in [0.25, 0.3) is 0 Å². The lowest BCUT2D eigenvalue weighted by atomic mass is 9.93. The van der Waals surface area contributed by atoms with Crippen LogP contribution in [0.15, 0.2) is 77.6 Å². The van der Waals surface area contributed by atoms with Gasteiger partial charge in [0.15, 0.2) is 0 Å². The van der Waals surface area contributed by atoms with E-state index in [1.54, 1.807) is 24.3 Å². The molecule has 1 aliphatic rings. The van der Waals surface area contributed by atoms with Gasteiger partial charge >= 0.3 is 0 Å². The Morgan fingerprint density at radius 2 is 1.81 bits per heavy atom. The maximum atomic E-state index is 13.7. The molecule has 3 nitrogen and oxygen atoms in total. The zero-order chi connectivity index (χ0) is 22.4. The van der Waals surface area contributed by atoms with Crippen LogP contribution >= 0.6 is 0 Å². The summed E-state index contributed by atoms with van der Waals surface area (Å²) < 4.78 is 46.8. The van der Waals surface area contributed by atoms with E-state index >= 15 is 0 Å². The van der Waals surface area contributed by atoms with Crippen LogP contribution in [0.2, 0.25) is 0 Å². The average molecular weight is 428 g/mol. The third kappa shape index (κ3) is 6.23. The third-order valence-electron chi connectivity index (χ3n) is 5.52. The van der Waals surface area contributed by atoms with E-state index < -0.39 is 0 Å². The van der Waals surface area contributed by atoms with Crippen molar-refractivity contribution in [1.29, 1.82) is 0 Å². The summed E-state index contributed by atoms with van der Waals surface area (Å²) in [4.78, 5) is 6.73. The summed E-state index contributed by atoms with van der Waals surface area (Å²) in [5.41, 5.74) is 0.792. The van der Waals surface area contributed by atoms with E-state index in [1.165, 1.54) is 30.3 Å². The van der Waals surface area contributed by atoms with Gasteiger partial charge in [-0.1, -0.05) is 30.4 Å². The van der Waals surface area contributed by atoms with Gasteiger partial charge in [-0.2, -0.15) is 0 Å². The van der Waals surface area contributed by atoms with Gasteiger partial charge in [-0.3, -0.25) is 4.99 Å². The van der Waals surface area contributed by atoms with Crippen LogP contribution < -0.4 is 4.74 Å². The number of benzene rings is 2. The molecule has 0 aliphatic heterocycles. The van der Waals surface area contributed by atoms with Gasteiger partial charge in [-0.15, -0.1) is 0 Å². The topological polar surface area (TPSA) is 24.8 Å². The molecule has 0 spiro atoms. The number of hydrogen-bond donors (Lipinski definition) is 0. The molecule has 164 valence electrons. The summed E-state index contributed by atoms with van der Waals surface area (Å²) in [5, 5.41) is 0. The molecular weight excluding hydrogens is 401 g/mol. The van der Waals surface area contributed by atoms with E-state index in [0.29, 0.717) is 18.0 Å². The van der Waals surface area contributed by atoms with Crippen molar-refractivity contribution < 1.29 is 17.9 Å². The first-order valence-corrected chi connectivity index (χ1v) is 10.3. The zero-order valence-corrected chi connectivity index (χ0v) is 17.9. The molecule has 2 aromatic rings. The SMILES string of the molecule is C[C@H](/N=C(/COc1cccc(F)c1)N(C)[C@@H](C)c1cccc(F)c1)C1C=CC=C(F)C1. The zero-order valence-electron chi connectivity index (χ0n) is 17.9. The van der Waals surface area contributed by atoms with E-state index in [4.69, 9.17) is 9.73 Å². The van der Waals surface area contributed by atoms with Gasteiger partial charge in [0.05, 0.1) is 12.1 Å². The molecule has 3 rings (SSSR count). The van der Waals surface area contributed by atoms with Gasteiger partial charge in [0.25, 0.3) is 0 Å². The summed E-state index contributed by atoms with van der Waals surface area (Å²) in [6.45, 7) is 3.97. The summed E-state index contributed by atoms with van der Waals surface area (Å²) >= 11 is 0. The number of hydrogen-bond acceptors (Lipinski definition) is 2. The highest BCUT2D eigenvalue weighted by atomic mass is 19.1. The largest absolute Gasteiger partial charge is 0.486 e. The first-order chi connectivity index (χ1) is 14.8. The minimum Gasteiger partial charge on any atom is -0.486 e. The Hall–Kier alpha value is -3.02. The monoisotopic (exact) mass is 428 g/mol. The van der Waals surface area contributed by atoms with E-state index in [0.717, 1.165) is 5.56 Å². The first-order valence-electron chi connectivity index (χ1n) is 10.3. The normalized spacial score (nSPS) is 18.3. The van der Waals surface area contributed by atoms with E-state index in [2.05, 4.69) is 0 Å². The Morgan fingerprint density at radius 3 is 2.48 bits per heavy atom. The van der Waals surface area contributed by atoms with Crippen LogP contribution in [0.4, 0.5) is 13.2 Å². The van der Waals surface area contributed by atoms with Crippen molar-refractivity contribution in [3.05, 3.63) is 89.8 Å². The number of likely N-dealkylation sites (N-methyl/N-ethyl adjacent to an activating group) is 1. The quantitative estimate of drug-likeness (QED) is 0.384. The predicted octanol–water partition coefficient (Wildman–Crippen LogP) is 6.25. The van der Waals surface area contributed by atoms with E-state index in [-0.39, 0.29) is 42.1 Å². The fraction of sp³-hybridized carbons (Fsp3) is 0.320. The molecule has 2 aromatic carbocycles. The lowest BCUT2D eigenvalue weighted by molar-refractivity contribution is 0.321. The average Bonchev–Trinajstić information content (AvgIpc) is 2.75. The molecule has 0 radical (unpaired) electrons. The standard InChI is InChI=1S/C25H27F3N2O/c1-17(19-7-4-9-21(26)13-19)29-25(16-31-24-12-6-11-23(28)15-24)30(3)18(2)20-8-5-10-22(27)14-20/h4-12,14-15,17-19H,13,16H2,1-3H3/b29-25-/t17-,18-,19?/m0/s1. The van der Waals surface area contributed by atoms with Crippen LogP contribution in [-0.2, 0) is 0 Å². The highest BCUT2D eigenvalue weighted by molar-refractivity contribution is 5.84. The smallest absolute Gasteiger partial charge is 0.145 e. The molecule has 3 atom stereocenters. The van der Waals surface area contributed by atoms with E-state index in [9.17, 15) is 13.2 Å². The fourth-order valence-corrected chi connectivity index (χ4v) is 3.47. The predicted molar refractivity (Wildman–Crippen MR) is 118 cm³/mol. The van der Waals surface area contributed by atoms with Crippen molar-refractivity contribution in [2.45, 2.75) is 32.4 Å². The Bertz CT molecular complexity index is 986. The number of nitrogens with zero attached hydrogens (tertiary/aromatic N) is 2. The van der Waals surface area contributed by atoms with Crippen LogP contribution in [0.1, 0.15) is 31.9 Å². The number of allylic oxidation sites excluding steroid dienone is 3. The van der Waals surface area contributed by atoms with Gasteiger partial charge in [-0.25, -0.2) is 13.2 Å². The molecule has 0 saturated carbocycles. The minimum absolute atomic E-state index is 0.0768. The molecular formula is C25H27F3N2O. The van der Waals surface area contributed by atoms with Gasteiger partial charge < -0.3 is 9.64 Å². The number of ether oxygens (including phenoxy) is 1. The molecule has 1 unspecified atom stereocenters. The van der Waals surface area contributed by atoms with Gasteiger partial charge in [-0.05, 0) is 49.8 Å². The van der Waals surface area contributed by atoms with E-state index in [1.807, 2.05) is 37.9 Å². The second-order valence-electron chi connectivity index (χ2n) is 7.74. The maximum Gasteiger partial charge on any atom is 0.145 e. The van der Waals surface area contributed by atoms with Gasteiger partial charge in [0.1, 0.15) is 35.7 Å². The molecule has 0 bridgehead atoms. The van der Waals surface area contributed by atoms with Crippen molar-refractivity contribution in [1.82, 2.24) is 4.90 Å². The Labute approximate surface area is 181 Å². The van der Waals surface area contributed by atoms with Gasteiger partial charge in [0, 0.05) is 25.5 Å². The van der Waals surface area contributed by atoms with Crippen LogP contribution in [0, 0.1) is 17.6 Å². The molecule has 1 aliphatic carbocycles. The Kier molecular flexibility index (Phi) is 7.55. The molecule has 0 saturated heterocycles. The highest BCUT2D eigenvalue weighted by Crippen LogP contribution is 2.26. The van der Waals surface area contributed by atoms with Crippen molar-refractivity contribution in [2.75, 3.05) is 13.7 Å². The summed E-state index contributed by atoms with van der Waals surface area (Å²) in [7, 11) is 1.85. The molecule has 0 aromatic heterocycles. The molecule has 6 heteroatoms. The summed E-state index contributed by atoms with van der Waals surface area (Å²) in [6, 6.07) is 11.9. The Morgan fingerprint density at radius 1 is 1.10 bits per heavy atom. The second kappa shape index (κ2) is 10.3. The van der Waals surface area contributed by atoms with Gasteiger partial charge in [0.2, 0.25) is 0 Å². The lowest BCUT2D eigenvalue weighted by Crippen LogP contribution is -2.35. The number of amidine groups is 1. The molecule has 31 heavy (non-hydrogen) atoms. The Balaban J connectivity index is 1.83. The van der Waals surface area contributed by atoms with Crippen LogP contribution in [0.5, 0.6) is 5.75 Å². The van der Waals surface area contributed by atoms with Crippen LogP contribution in [-0.4, -0.2) is 30.4 Å². The maximum absolute atomic E-state index is 13.7. The molecule has 0 N–H and O–H groups in total. The lowest BCUT2D eigenvalue weighted by Gasteiger charge is -2.30. The van der Waals surface area contributed by atoms with Crippen molar-refractivity contribution in [3.8, 4) is 5.75 Å². The number of rotatable bonds is 7. The van der Waals surface area contributed by atoms with Crippen molar-refractivity contribution in [2.24, 2.45) is 10.9 Å². The van der Waals surface area contributed by atoms with Crippen LogP contribution in [0.3, 0.4) is 0 Å². The molecule has 0 amide bonds. The molecule has 0 heterocycles. The van der Waals surface area contributed by atoms with Crippen molar-refractivity contribution >= 4 is 5.84 Å². The summed E-state index contributed by atoms with van der Waals surface area (Å²) in [6.07, 6.45) is 5.40. The second-order valence-corrected chi connectivity index (χ2v) is 7.74. The molecule has 0 fully saturated rings. The summed E-state index contributed by atoms with van der Waals surface area (Å²) in [5.74, 6) is 0.0480. The van der Waals surface area contributed by atoms with Crippen molar-refractivity contribution in [3.63, 3.8) is 0 Å². The highest BCUT2D eigenvalue weighted by Gasteiger charge is 2.22.